The van der Waals surface area contributed by atoms with E-state index in [0.29, 0.717) is 6.04 Å². The van der Waals surface area contributed by atoms with E-state index in [2.05, 4.69) is 15.4 Å². The number of hydrogen-bond acceptors (Lipinski definition) is 3. The van der Waals surface area contributed by atoms with Crippen molar-refractivity contribution < 1.29 is 0 Å². The van der Waals surface area contributed by atoms with Gasteiger partial charge in [-0.2, -0.15) is 5.10 Å². The molecule has 1 saturated carbocycles. The molecule has 2 atom stereocenters. The van der Waals surface area contributed by atoms with Crippen molar-refractivity contribution in [2.45, 2.75) is 37.1 Å². The number of anilines is 1. The van der Waals surface area contributed by atoms with Gasteiger partial charge in [0.15, 0.2) is 5.82 Å². The molecule has 4 nitrogen and oxygen atoms in total. The quantitative estimate of drug-likeness (QED) is 0.834. The van der Waals surface area contributed by atoms with E-state index in [9.17, 15) is 0 Å². The summed E-state index contributed by atoms with van der Waals surface area (Å²) >= 11 is 6.34. The summed E-state index contributed by atoms with van der Waals surface area (Å²) in [7, 11) is 0. The highest BCUT2D eigenvalue weighted by molar-refractivity contribution is 6.21. The third-order valence-electron chi connectivity index (χ3n) is 3.33. The Morgan fingerprint density at radius 3 is 3.06 bits per heavy atom. The molecule has 90 valence electrons. The first kappa shape index (κ1) is 10.8. The van der Waals surface area contributed by atoms with E-state index in [1.807, 2.05) is 16.8 Å². The number of nitrogens with one attached hydrogen (secondary N) is 1. The summed E-state index contributed by atoms with van der Waals surface area (Å²) in [5.41, 5.74) is 1.00. The topological polar surface area (TPSA) is 42.2 Å². The Morgan fingerprint density at radius 1 is 1.29 bits per heavy atom. The van der Waals surface area contributed by atoms with Crippen molar-refractivity contribution in [3.8, 4) is 0 Å². The zero-order chi connectivity index (χ0) is 11.7. The molecule has 1 aliphatic rings. The molecule has 0 spiro atoms. The number of rotatable bonds is 2. The molecule has 0 aliphatic heterocycles. The van der Waals surface area contributed by atoms with Crippen LogP contribution < -0.4 is 5.32 Å². The maximum atomic E-state index is 6.34. The zero-order valence-electron chi connectivity index (χ0n) is 9.51. The molecular formula is C12H15ClN4. The largest absolute Gasteiger partial charge is 0.364 e. The first-order valence-electron chi connectivity index (χ1n) is 6.03. The summed E-state index contributed by atoms with van der Waals surface area (Å²) in [6.07, 6.45) is 10.1. The summed E-state index contributed by atoms with van der Waals surface area (Å²) in [4.78, 5) is 4.38. The summed E-state index contributed by atoms with van der Waals surface area (Å²) in [6.45, 7) is 0. The molecule has 1 N–H and O–H groups in total. The molecule has 0 bridgehead atoms. The maximum Gasteiger partial charge on any atom is 0.152 e. The summed E-state index contributed by atoms with van der Waals surface area (Å²) < 4.78 is 1.82. The predicted molar refractivity (Wildman–Crippen MR) is 68.5 cm³/mol. The Bertz CT molecular complexity index is 510. The molecule has 0 aromatic carbocycles. The van der Waals surface area contributed by atoms with E-state index in [-0.39, 0.29) is 5.38 Å². The SMILES string of the molecule is ClC1CCCCC1Nc1nccn2nccc12. The molecule has 0 amide bonds. The number of aromatic nitrogens is 3. The third kappa shape index (κ3) is 2.09. The third-order valence-corrected chi connectivity index (χ3v) is 3.85. The van der Waals surface area contributed by atoms with Crippen LogP contribution in [0.5, 0.6) is 0 Å². The van der Waals surface area contributed by atoms with Crippen molar-refractivity contribution >= 4 is 22.9 Å². The van der Waals surface area contributed by atoms with Gasteiger partial charge in [-0.15, -0.1) is 11.6 Å². The number of nitrogens with zero attached hydrogens (tertiary/aromatic N) is 3. The van der Waals surface area contributed by atoms with Crippen LogP contribution >= 0.6 is 11.6 Å². The highest BCUT2D eigenvalue weighted by Gasteiger charge is 2.23. The lowest BCUT2D eigenvalue weighted by molar-refractivity contribution is 0.469. The Morgan fingerprint density at radius 2 is 2.18 bits per heavy atom. The maximum absolute atomic E-state index is 6.34. The van der Waals surface area contributed by atoms with E-state index in [1.165, 1.54) is 12.8 Å². The Balaban J connectivity index is 1.86. The molecule has 2 unspecified atom stereocenters. The fourth-order valence-electron chi connectivity index (χ4n) is 2.39. The van der Waals surface area contributed by atoms with Gasteiger partial charge in [-0.3, -0.25) is 0 Å². The standard InChI is InChI=1S/C12H15ClN4/c13-9-3-1-2-4-10(9)16-12-11-5-6-15-17(11)8-7-14-12/h5-10H,1-4H2,(H,14,16). The normalized spacial score (nSPS) is 25.0. The van der Waals surface area contributed by atoms with Gasteiger partial charge in [-0.05, 0) is 18.9 Å². The summed E-state index contributed by atoms with van der Waals surface area (Å²) in [6, 6.07) is 2.28. The molecule has 0 radical (unpaired) electrons. The fraction of sp³-hybridized carbons (Fsp3) is 0.500. The van der Waals surface area contributed by atoms with Gasteiger partial charge in [0.1, 0.15) is 5.52 Å². The Kier molecular flexibility index (Phi) is 2.89. The fourth-order valence-corrected chi connectivity index (χ4v) is 2.74. The summed E-state index contributed by atoms with van der Waals surface area (Å²) in [5, 5.41) is 7.85. The highest BCUT2D eigenvalue weighted by Crippen LogP contribution is 2.26. The average Bonchev–Trinajstić information content (AvgIpc) is 2.81. The number of fused-ring (bicyclic) bond motifs is 1. The minimum Gasteiger partial charge on any atom is -0.364 e. The Labute approximate surface area is 105 Å². The Hall–Kier alpha value is -1.29. The number of hydrogen-bond donors (Lipinski definition) is 1. The molecule has 2 heterocycles. The van der Waals surface area contributed by atoms with E-state index < -0.39 is 0 Å². The zero-order valence-corrected chi connectivity index (χ0v) is 10.3. The van der Waals surface area contributed by atoms with E-state index >= 15 is 0 Å². The van der Waals surface area contributed by atoms with Gasteiger partial charge in [0.25, 0.3) is 0 Å². The predicted octanol–water partition coefficient (Wildman–Crippen LogP) is 2.69. The molecule has 5 heteroatoms. The van der Waals surface area contributed by atoms with E-state index in [0.717, 1.165) is 24.2 Å². The first-order chi connectivity index (χ1) is 8.34. The molecular weight excluding hydrogens is 236 g/mol. The van der Waals surface area contributed by atoms with Crippen molar-refractivity contribution in [3.63, 3.8) is 0 Å². The van der Waals surface area contributed by atoms with Gasteiger partial charge in [-0.25, -0.2) is 9.50 Å². The molecule has 0 saturated heterocycles. The van der Waals surface area contributed by atoms with Crippen molar-refractivity contribution in [1.82, 2.24) is 14.6 Å². The lowest BCUT2D eigenvalue weighted by Crippen LogP contribution is -2.33. The van der Waals surface area contributed by atoms with Crippen LogP contribution in [0, 0.1) is 0 Å². The van der Waals surface area contributed by atoms with Crippen LogP contribution in [0.25, 0.3) is 5.52 Å². The van der Waals surface area contributed by atoms with Crippen molar-refractivity contribution in [1.29, 1.82) is 0 Å². The molecule has 2 aromatic rings. The minimum absolute atomic E-state index is 0.203. The second-order valence-corrected chi connectivity index (χ2v) is 5.05. The van der Waals surface area contributed by atoms with Crippen LogP contribution in [-0.4, -0.2) is 26.0 Å². The highest BCUT2D eigenvalue weighted by atomic mass is 35.5. The van der Waals surface area contributed by atoms with Gasteiger partial charge in [0.05, 0.1) is 11.6 Å². The van der Waals surface area contributed by atoms with Gasteiger partial charge >= 0.3 is 0 Å². The molecule has 1 aliphatic carbocycles. The van der Waals surface area contributed by atoms with Crippen LogP contribution in [0.4, 0.5) is 5.82 Å². The van der Waals surface area contributed by atoms with Crippen LogP contribution in [0.2, 0.25) is 0 Å². The van der Waals surface area contributed by atoms with Crippen LogP contribution in [0.3, 0.4) is 0 Å². The molecule has 2 aromatic heterocycles. The molecule has 17 heavy (non-hydrogen) atoms. The van der Waals surface area contributed by atoms with Crippen molar-refractivity contribution in [2.24, 2.45) is 0 Å². The van der Waals surface area contributed by atoms with Gasteiger partial charge in [0.2, 0.25) is 0 Å². The monoisotopic (exact) mass is 250 g/mol. The second-order valence-electron chi connectivity index (χ2n) is 4.49. The molecule has 3 rings (SSSR count). The van der Waals surface area contributed by atoms with Gasteiger partial charge in [0, 0.05) is 18.4 Å². The van der Waals surface area contributed by atoms with Crippen LogP contribution in [0.15, 0.2) is 24.7 Å². The summed E-state index contributed by atoms with van der Waals surface area (Å²) in [5.74, 6) is 0.877. The first-order valence-corrected chi connectivity index (χ1v) is 6.47. The lowest BCUT2D eigenvalue weighted by Gasteiger charge is -2.28. The van der Waals surface area contributed by atoms with Crippen molar-refractivity contribution in [2.75, 3.05) is 5.32 Å². The van der Waals surface area contributed by atoms with Crippen molar-refractivity contribution in [3.05, 3.63) is 24.7 Å². The molecule has 1 fully saturated rings. The van der Waals surface area contributed by atoms with Gasteiger partial charge in [-0.1, -0.05) is 12.8 Å². The van der Waals surface area contributed by atoms with E-state index in [4.69, 9.17) is 11.6 Å². The lowest BCUT2D eigenvalue weighted by atomic mass is 9.95. The van der Waals surface area contributed by atoms with Crippen LogP contribution in [-0.2, 0) is 0 Å². The van der Waals surface area contributed by atoms with Crippen LogP contribution in [0.1, 0.15) is 25.7 Å². The van der Waals surface area contributed by atoms with E-state index in [1.54, 1.807) is 12.4 Å². The number of alkyl halides is 1. The average molecular weight is 251 g/mol. The minimum atomic E-state index is 0.203. The second kappa shape index (κ2) is 4.53. The number of halogens is 1. The smallest absolute Gasteiger partial charge is 0.152 e. The van der Waals surface area contributed by atoms with Gasteiger partial charge < -0.3 is 5.32 Å².